The lowest BCUT2D eigenvalue weighted by Gasteiger charge is -2.26. The lowest BCUT2D eigenvalue weighted by molar-refractivity contribution is -0.105. The highest BCUT2D eigenvalue weighted by molar-refractivity contribution is 5.80. The predicted molar refractivity (Wildman–Crippen MR) is 53.5 cm³/mol. The molecule has 1 rings (SSSR count). The molecule has 1 aliphatic rings. The van der Waals surface area contributed by atoms with Gasteiger partial charge in [-0.25, -0.2) is 0 Å². The number of hydrogen-bond acceptors (Lipinski definition) is 3. The summed E-state index contributed by atoms with van der Waals surface area (Å²) in [5.74, 6) is 1.87. The second kappa shape index (κ2) is 4.31. The molecule has 0 heterocycles. The van der Waals surface area contributed by atoms with Crippen LogP contribution in [0.3, 0.4) is 0 Å². The molecular formula is C11H16O3. The smallest absolute Gasteiger partial charge is 0.157 e. The van der Waals surface area contributed by atoms with Crippen molar-refractivity contribution >= 4 is 6.29 Å². The average Bonchev–Trinajstić information content (AvgIpc) is 2.20. The molecule has 3 heteroatoms. The SMILES string of the molecule is COC1=CC(C)C(C)C(OC)=C1C=O. The van der Waals surface area contributed by atoms with Crippen molar-refractivity contribution in [2.24, 2.45) is 11.8 Å². The second-order valence-corrected chi connectivity index (χ2v) is 3.48. The largest absolute Gasteiger partial charge is 0.500 e. The first kappa shape index (κ1) is 10.8. The Hall–Kier alpha value is -1.25. The molecule has 0 saturated heterocycles. The van der Waals surface area contributed by atoms with Gasteiger partial charge in [-0.05, 0) is 12.0 Å². The normalized spacial score (nSPS) is 27.0. The highest BCUT2D eigenvalue weighted by atomic mass is 16.5. The van der Waals surface area contributed by atoms with Gasteiger partial charge in [0.05, 0.1) is 19.8 Å². The third kappa shape index (κ3) is 1.67. The zero-order chi connectivity index (χ0) is 10.7. The van der Waals surface area contributed by atoms with E-state index in [9.17, 15) is 4.79 Å². The van der Waals surface area contributed by atoms with Gasteiger partial charge in [0.2, 0.25) is 0 Å². The standard InChI is InChI=1S/C11H16O3/c1-7-5-10(13-3)9(6-12)11(14-4)8(7)2/h5-8H,1-4H3. The highest BCUT2D eigenvalue weighted by Gasteiger charge is 2.27. The molecule has 2 atom stereocenters. The summed E-state index contributed by atoms with van der Waals surface area (Å²) < 4.78 is 10.4. The number of aldehydes is 1. The molecule has 0 aromatic carbocycles. The summed E-state index contributed by atoms with van der Waals surface area (Å²) in [5.41, 5.74) is 0.528. The quantitative estimate of drug-likeness (QED) is 0.647. The highest BCUT2D eigenvalue weighted by Crippen LogP contribution is 2.33. The molecule has 1 aliphatic carbocycles. The van der Waals surface area contributed by atoms with Gasteiger partial charge in [-0.3, -0.25) is 4.79 Å². The summed E-state index contributed by atoms with van der Waals surface area (Å²) in [6, 6.07) is 0. The van der Waals surface area contributed by atoms with Crippen LogP contribution in [-0.4, -0.2) is 20.5 Å². The Labute approximate surface area is 84.4 Å². The first-order valence-electron chi connectivity index (χ1n) is 4.65. The molecule has 0 spiro atoms. The van der Waals surface area contributed by atoms with E-state index in [0.717, 1.165) is 6.29 Å². The fourth-order valence-corrected chi connectivity index (χ4v) is 1.67. The Bertz CT molecular complexity index is 289. The fourth-order valence-electron chi connectivity index (χ4n) is 1.67. The number of hydrogen-bond donors (Lipinski definition) is 0. The van der Waals surface area contributed by atoms with Crippen LogP contribution in [0.5, 0.6) is 0 Å². The van der Waals surface area contributed by atoms with Crippen LogP contribution >= 0.6 is 0 Å². The number of carbonyl (C=O) groups excluding carboxylic acids is 1. The van der Waals surface area contributed by atoms with E-state index in [1.54, 1.807) is 14.2 Å². The van der Waals surface area contributed by atoms with Crippen molar-refractivity contribution in [1.82, 2.24) is 0 Å². The molecule has 0 bridgehead atoms. The van der Waals surface area contributed by atoms with Gasteiger partial charge in [-0.2, -0.15) is 0 Å². The van der Waals surface area contributed by atoms with E-state index in [1.807, 2.05) is 13.0 Å². The predicted octanol–water partition coefficient (Wildman–Crippen LogP) is 1.90. The van der Waals surface area contributed by atoms with Crippen molar-refractivity contribution < 1.29 is 14.3 Å². The molecular weight excluding hydrogens is 180 g/mol. The fraction of sp³-hybridized carbons (Fsp3) is 0.545. The van der Waals surface area contributed by atoms with Crippen LogP contribution in [0.15, 0.2) is 23.2 Å². The second-order valence-electron chi connectivity index (χ2n) is 3.48. The van der Waals surface area contributed by atoms with Crippen LogP contribution in [0.2, 0.25) is 0 Å². The molecule has 0 fully saturated rings. The van der Waals surface area contributed by atoms with Gasteiger partial charge in [0.1, 0.15) is 11.5 Å². The van der Waals surface area contributed by atoms with Crippen molar-refractivity contribution in [2.45, 2.75) is 13.8 Å². The van der Waals surface area contributed by atoms with E-state index in [-0.39, 0.29) is 5.92 Å². The maximum Gasteiger partial charge on any atom is 0.157 e. The third-order valence-electron chi connectivity index (χ3n) is 2.71. The van der Waals surface area contributed by atoms with Crippen molar-refractivity contribution in [3.63, 3.8) is 0 Å². The minimum atomic E-state index is 0.221. The summed E-state index contributed by atoms with van der Waals surface area (Å²) in [6.07, 6.45) is 2.74. The molecule has 0 saturated carbocycles. The maximum absolute atomic E-state index is 10.9. The number of rotatable bonds is 3. The Balaban J connectivity index is 3.16. The van der Waals surface area contributed by atoms with Crippen molar-refractivity contribution in [2.75, 3.05) is 14.2 Å². The summed E-state index contributed by atoms with van der Waals surface area (Å²) in [4.78, 5) is 10.9. The summed E-state index contributed by atoms with van der Waals surface area (Å²) in [7, 11) is 3.14. The molecule has 0 N–H and O–H groups in total. The zero-order valence-electron chi connectivity index (χ0n) is 9.03. The molecule has 0 aliphatic heterocycles. The van der Waals surface area contributed by atoms with Crippen molar-refractivity contribution in [3.8, 4) is 0 Å². The Morgan fingerprint density at radius 3 is 2.36 bits per heavy atom. The summed E-state index contributed by atoms with van der Waals surface area (Å²) >= 11 is 0. The van der Waals surface area contributed by atoms with E-state index >= 15 is 0 Å². The zero-order valence-corrected chi connectivity index (χ0v) is 9.03. The number of ether oxygens (including phenoxy) is 2. The Kier molecular flexibility index (Phi) is 3.33. The van der Waals surface area contributed by atoms with Crippen LogP contribution in [0.1, 0.15) is 13.8 Å². The van der Waals surface area contributed by atoms with E-state index in [4.69, 9.17) is 9.47 Å². The van der Waals surface area contributed by atoms with E-state index < -0.39 is 0 Å². The molecule has 78 valence electrons. The number of carbonyl (C=O) groups is 1. The average molecular weight is 196 g/mol. The van der Waals surface area contributed by atoms with E-state index in [0.29, 0.717) is 23.0 Å². The molecule has 0 radical (unpaired) electrons. The minimum absolute atomic E-state index is 0.221. The van der Waals surface area contributed by atoms with Gasteiger partial charge in [0.25, 0.3) is 0 Å². The van der Waals surface area contributed by atoms with Crippen molar-refractivity contribution in [1.29, 1.82) is 0 Å². The molecule has 3 nitrogen and oxygen atoms in total. The summed E-state index contributed by atoms with van der Waals surface area (Å²) in [5, 5.41) is 0. The lowest BCUT2D eigenvalue weighted by Crippen LogP contribution is -2.19. The van der Waals surface area contributed by atoms with Crippen LogP contribution in [0.4, 0.5) is 0 Å². The van der Waals surface area contributed by atoms with Gasteiger partial charge in [0, 0.05) is 5.92 Å². The first-order chi connectivity index (χ1) is 6.65. The topological polar surface area (TPSA) is 35.5 Å². The van der Waals surface area contributed by atoms with Gasteiger partial charge < -0.3 is 9.47 Å². The third-order valence-corrected chi connectivity index (χ3v) is 2.71. The van der Waals surface area contributed by atoms with Gasteiger partial charge >= 0.3 is 0 Å². The van der Waals surface area contributed by atoms with Crippen LogP contribution in [0, 0.1) is 11.8 Å². The van der Waals surface area contributed by atoms with Gasteiger partial charge in [0.15, 0.2) is 6.29 Å². The van der Waals surface area contributed by atoms with Gasteiger partial charge in [-0.1, -0.05) is 13.8 Å². The lowest BCUT2D eigenvalue weighted by atomic mass is 9.86. The number of allylic oxidation sites excluding steroid dienone is 3. The van der Waals surface area contributed by atoms with Gasteiger partial charge in [-0.15, -0.1) is 0 Å². The molecule has 2 unspecified atom stereocenters. The first-order valence-corrected chi connectivity index (χ1v) is 4.65. The molecule has 0 aromatic rings. The summed E-state index contributed by atoms with van der Waals surface area (Å²) in [6.45, 7) is 4.11. The molecule has 0 aromatic heterocycles. The monoisotopic (exact) mass is 196 g/mol. The minimum Gasteiger partial charge on any atom is -0.500 e. The maximum atomic E-state index is 10.9. The van der Waals surface area contributed by atoms with E-state index in [2.05, 4.69) is 6.92 Å². The van der Waals surface area contributed by atoms with Crippen molar-refractivity contribution in [3.05, 3.63) is 23.2 Å². The Morgan fingerprint density at radius 1 is 1.29 bits per heavy atom. The van der Waals surface area contributed by atoms with Crippen LogP contribution in [-0.2, 0) is 14.3 Å². The molecule has 0 amide bonds. The van der Waals surface area contributed by atoms with E-state index in [1.165, 1.54) is 0 Å². The van der Waals surface area contributed by atoms with Crippen LogP contribution < -0.4 is 0 Å². The van der Waals surface area contributed by atoms with Crippen LogP contribution in [0.25, 0.3) is 0 Å². The molecule has 14 heavy (non-hydrogen) atoms. The Morgan fingerprint density at radius 2 is 1.93 bits per heavy atom. The number of methoxy groups -OCH3 is 2.